The highest BCUT2D eigenvalue weighted by Crippen LogP contribution is 2.60. The van der Waals surface area contributed by atoms with Gasteiger partial charge in [0, 0.05) is 23.8 Å². The second kappa shape index (κ2) is 7.68. The van der Waals surface area contributed by atoms with Gasteiger partial charge in [-0.05, 0) is 54.9 Å². The Kier molecular flexibility index (Phi) is 5.51. The lowest BCUT2D eigenvalue weighted by Crippen LogP contribution is -2.60. The number of amides is 1. The number of fused-ring (bicyclic) bond motifs is 1. The predicted octanol–water partition coefficient (Wildman–Crippen LogP) is 2.60. The monoisotopic (exact) mass is 401 g/mol. The van der Waals surface area contributed by atoms with Crippen LogP contribution < -0.4 is 5.32 Å². The Morgan fingerprint density at radius 3 is 2.55 bits per heavy atom. The number of aliphatic hydroxyl groups is 3. The third-order valence-corrected chi connectivity index (χ3v) is 8.48. The van der Waals surface area contributed by atoms with E-state index in [1.807, 2.05) is 25.1 Å². The van der Waals surface area contributed by atoms with Crippen molar-refractivity contribution >= 4 is 5.91 Å². The van der Waals surface area contributed by atoms with Gasteiger partial charge in [-0.1, -0.05) is 44.2 Å². The molecule has 3 fully saturated rings. The Labute approximate surface area is 173 Å². The first-order chi connectivity index (χ1) is 13.8. The van der Waals surface area contributed by atoms with E-state index >= 15 is 0 Å². The van der Waals surface area contributed by atoms with Crippen molar-refractivity contribution in [3.8, 4) is 0 Å². The minimum Gasteiger partial charge on any atom is -0.396 e. The van der Waals surface area contributed by atoms with Crippen molar-refractivity contribution in [3.05, 3.63) is 35.9 Å². The number of benzene rings is 1. The molecule has 8 unspecified atom stereocenters. The predicted molar refractivity (Wildman–Crippen MR) is 111 cm³/mol. The van der Waals surface area contributed by atoms with Crippen molar-refractivity contribution in [2.45, 2.75) is 76.5 Å². The van der Waals surface area contributed by atoms with Crippen LogP contribution in [0.2, 0.25) is 0 Å². The molecule has 3 saturated carbocycles. The van der Waals surface area contributed by atoms with E-state index in [0.29, 0.717) is 25.2 Å². The molecule has 0 aliphatic heterocycles. The van der Waals surface area contributed by atoms with Crippen LogP contribution in [0.4, 0.5) is 0 Å². The van der Waals surface area contributed by atoms with Gasteiger partial charge in [-0.3, -0.25) is 4.79 Å². The summed E-state index contributed by atoms with van der Waals surface area (Å²) in [6.45, 7) is 4.05. The van der Waals surface area contributed by atoms with Crippen LogP contribution in [0.15, 0.2) is 30.3 Å². The third-order valence-electron chi connectivity index (χ3n) is 8.48. The number of hydrogen-bond acceptors (Lipinski definition) is 4. The molecule has 1 amide bonds. The number of carbonyl (C=O) groups is 1. The summed E-state index contributed by atoms with van der Waals surface area (Å²) in [7, 11) is 0. The molecule has 0 radical (unpaired) electrons. The molecule has 5 heteroatoms. The van der Waals surface area contributed by atoms with Crippen molar-refractivity contribution in [2.24, 2.45) is 22.7 Å². The summed E-state index contributed by atoms with van der Waals surface area (Å²) in [5, 5.41) is 34.6. The Bertz CT molecular complexity index is 740. The number of carbonyl (C=O) groups excluding carboxylic acids is 1. The van der Waals surface area contributed by atoms with E-state index in [2.05, 4.69) is 24.4 Å². The highest BCUT2D eigenvalue weighted by atomic mass is 16.3. The topological polar surface area (TPSA) is 89.8 Å². The quantitative estimate of drug-likeness (QED) is 0.611. The smallest absolute Gasteiger partial charge is 0.220 e. The number of hydrogen-bond donors (Lipinski definition) is 4. The summed E-state index contributed by atoms with van der Waals surface area (Å²) in [5.74, 6) is 0.356. The first-order valence-electron chi connectivity index (χ1n) is 11.1. The van der Waals surface area contributed by atoms with Crippen LogP contribution in [0.5, 0.6) is 0 Å². The van der Waals surface area contributed by atoms with E-state index in [1.165, 1.54) is 5.56 Å². The maximum atomic E-state index is 12.9. The molecule has 4 rings (SSSR count). The molecule has 0 spiro atoms. The summed E-state index contributed by atoms with van der Waals surface area (Å²) in [5.41, 5.74) is 0.438. The van der Waals surface area contributed by atoms with Crippen molar-refractivity contribution in [1.82, 2.24) is 5.32 Å². The molecule has 0 bridgehead atoms. The highest BCUT2D eigenvalue weighted by Gasteiger charge is 2.59. The lowest BCUT2D eigenvalue weighted by molar-refractivity contribution is -0.185. The van der Waals surface area contributed by atoms with E-state index in [0.717, 1.165) is 19.3 Å². The molecule has 0 aromatic heterocycles. The first-order valence-corrected chi connectivity index (χ1v) is 11.1. The molecule has 3 aliphatic carbocycles. The van der Waals surface area contributed by atoms with E-state index < -0.39 is 17.6 Å². The average Bonchev–Trinajstić information content (AvgIpc) is 3.47. The average molecular weight is 402 g/mol. The zero-order valence-corrected chi connectivity index (χ0v) is 17.6. The van der Waals surface area contributed by atoms with Gasteiger partial charge in [0.25, 0.3) is 0 Å². The van der Waals surface area contributed by atoms with Gasteiger partial charge < -0.3 is 20.6 Å². The SMILES string of the molecule is CC1(CO)C(O)CCC2(C)C(CC(=O)NC3CC3c3ccccc3)C(O)CCC12. The molecule has 160 valence electrons. The van der Waals surface area contributed by atoms with E-state index in [4.69, 9.17) is 0 Å². The Hall–Kier alpha value is -1.43. The Morgan fingerprint density at radius 1 is 1.14 bits per heavy atom. The molecule has 29 heavy (non-hydrogen) atoms. The summed E-state index contributed by atoms with van der Waals surface area (Å²) >= 11 is 0. The fraction of sp³-hybridized carbons (Fsp3) is 0.708. The van der Waals surface area contributed by atoms with Gasteiger partial charge in [-0.2, -0.15) is 0 Å². The van der Waals surface area contributed by atoms with Gasteiger partial charge in [0.1, 0.15) is 0 Å². The number of nitrogens with one attached hydrogen (secondary N) is 1. The minimum atomic E-state index is -0.573. The molecule has 4 N–H and O–H groups in total. The molecule has 1 aromatic rings. The second-order valence-corrected chi connectivity index (χ2v) is 10.2. The maximum absolute atomic E-state index is 12.9. The molecule has 8 atom stereocenters. The molecule has 0 saturated heterocycles. The van der Waals surface area contributed by atoms with Gasteiger partial charge in [0.15, 0.2) is 0 Å². The number of aliphatic hydroxyl groups excluding tert-OH is 3. The fourth-order valence-electron chi connectivity index (χ4n) is 6.49. The lowest BCUT2D eigenvalue weighted by atomic mass is 9.46. The summed E-state index contributed by atoms with van der Waals surface area (Å²) in [6, 6.07) is 10.5. The number of rotatable bonds is 5. The summed E-state index contributed by atoms with van der Waals surface area (Å²) < 4.78 is 0. The van der Waals surface area contributed by atoms with Gasteiger partial charge in [-0.15, -0.1) is 0 Å². The van der Waals surface area contributed by atoms with Crippen LogP contribution in [-0.4, -0.2) is 46.1 Å². The summed E-state index contributed by atoms with van der Waals surface area (Å²) in [4.78, 5) is 12.9. The molecule has 0 heterocycles. The van der Waals surface area contributed by atoms with Gasteiger partial charge in [-0.25, -0.2) is 0 Å². The van der Waals surface area contributed by atoms with Crippen LogP contribution in [-0.2, 0) is 4.79 Å². The van der Waals surface area contributed by atoms with Crippen LogP contribution in [0.3, 0.4) is 0 Å². The largest absolute Gasteiger partial charge is 0.396 e. The van der Waals surface area contributed by atoms with Gasteiger partial charge in [0.2, 0.25) is 5.91 Å². The van der Waals surface area contributed by atoms with Gasteiger partial charge >= 0.3 is 0 Å². The van der Waals surface area contributed by atoms with Gasteiger partial charge in [0.05, 0.1) is 18.8 Å². The van der Waals surface area contributed by atoms with Crippen LogP contribution in [0.1, 0.15) is 63.9 Å². The normalized spacial score (nSPS) is 44.0. The zero-order chi connectivity index (χ0) is 20.8. The highest BCUT2D eigenvalue weighted by molar-refractivity contribution is 5.77. The molecular formula is C24H35NO4. The molecule has 1 aromatic carbocycles. The summed E-state index contributed by atoms with van der Waals surface area (Å²) in [6.07, 6.45) is 3.02. The molecule has 5 nitrogen and oxygen atoms in total. The van der Waals surface area contributed by atoms with Crippen LogP contribution in [0, 0.1) is 22.7 Å². The maximum Gasteiger partial charge on any atom is 0.220 e. The third kappa shape index (κ3) is 3.62. The van der Waals surface area contributed by atoms with Crippen LogP contribution in [0.25, 0.3) is 0 Å². The van der Waals surface area contributed by atoms with E-state index in [-0.39, 0.29) is 35.8 Å². The van der Waals surface area contributed by atoms with E-state index in [1.54, 1.807) is 0 Å². The second-order valence-electron chi connectivity index (χ2n) is 10.2. The molecular weight excluding hydrogens is 366 g/mol. The lowest BCUT2D eigenvalue weighted by Gasteiger charge is -2.60. The van der Waals surface area contributed by atoms with Crippen LogP contribution >= 0.6 is 0 Å². The Balaban J connectivity index is 1.44. The molecule has 3 aliphatic rings. The Morgan fingerprint density at radius 2 is 1.86 bits per heavy atom. The van der Waals surface area contributed by atoms with Crippen molar-refractivity contribution in [1.29, 1.82) is 0 Å². The van der Waals surface area contributed by atoms with Crippen molar-refractivity contribution < 1.29 is 20.1 Å². The van der Waals surface area contributed by atoms with Crippen molar-refractivity contribution in [2.75, 3.05) is 6.61 Å². The minimum absolute atomic E-state index is 0.0104. The van der Waals surface area contributed by atoms with E-state index in [9.17, 15) is 20.1 Å². The standard InChI is InChI=1S/C24H35NO4/c1-23-11-10-21(28)24(2,14-26)20(23)9-8-19(27)17(23)13-22(29)25-18-12-16(18)15-6-4-3-5-7-15/h3-7,16-21,26-28H,8-14H2,1-2H3,(H,25,29). The van der Waals surface area contributed by atoms with Crippen molar-refractivity contribution in [3.63, 3.8) is 0 Å². The zero-order valence-electron chi connectivity index (χ0n) is 17.6. The fourth-order valence-corrected chi connectivity index (χ4v) is 6.49. The first kappa shape index (κ1) is 20.8.